The number of anilines is 2. The van der Waals surface area contributed by atoms with Crippen molar-refractivity contribution in [2.24, 2.45) is 0 Å². The number of nitrogens with one attached hydrogen (secondary N) is 1. The van der Waals surface area contributed by atoms with Gasteiger partial charge in [-0.05, 0) is 82.1 Å². The van der Waals surface area contributed by atoms with E-state index in [0.717, 1.165) is 43.1 Å². The molecule has 1 unspecified atom stereocenters. The molecule has 1 saturated heterocycles. The number of carbonyl (C=O) groups is 1. The van der Waals surface area contributed by atoms with E-state index in [2.05, 4.69) is 31.0 Å². The highest BCUT2D eigenvalue weighted by Gasteiger charge is 2.16. The van der Waals surface area contributed by atoms with Crippen LogP contribution in [0.15, 0.2) is 48.5 Å². The lowest BCUT2D eigenvalue weighted by Crippen LogP contribution is -2.30. The summed E-state index contributed by atoms with van der Waals surface area (Å²) in [5.74, 6) is 0.624. The van der Waals surface area contributed by atoms with Crippen molar-refractivity contribution >= 4 is 17.3 Å². The molecule has 2 aromatic carbocycles. The normalized spacial score (nSPS) is 16.2. The van der Waals surface area contributed by atoms with Gasteiger partial charge in [0.2, 0.25) is 0 Å². The van der Waals surface area contributed by atoms with Crippen molar-refractivity contribution in [1.82, 2.24) is 0 Å². The Morgan fingerprint density at radius 1 is 1.18 bits per heavy atom. The predicted octanol–water partition coefficient (Wildman–Crippen LogP) is 4.73. The van der Waals surface area contributed by atoms with Crippen LogP contribution in [0.3, 0.4) is 0 Å². The average molecular weight is 383 g/mol. The molecule has 1 aliphatic rings. The standard InChI is InChI=1S/C23H30N2O3/c1-4-25(17(2)3)20-11-9-19(10-12-20)24-23(26)18-7-13-21(14-8-18)28-16-22-6-5-15-27-22/h7-14,17,22H,4-6,15-16H2,1-3H3,(H,24,26). The second kappa shape index (κ2) is 9.60. The number of nitrogens with zero attached hydrogens (tertiary/aromatic N) is 1. The van der Waals surface area contributed by atoms with Crippen LogP contribution in [0, 0.1) is 0 Å². The first kappa shape index (κ1) is 20.2. The van der Waals surface area contributed by atoms with Gasteiger partial charge >= 0.3 is 0 Å². The van der Waals surface area contributed by atoms with Crippen molar-refractivity contribution in [2.45, 2.75) is 45.8 Å². The zero-order valence-electron chi connectivity index (χ0n) is 17.0. The van der Waals surface area contributed by atoms with Crippen LogP contribution in [0.25, 0.3) is 0 Å². The number of rotatable bonds is 8. The molecule has 1 fully saturated rings. The fourth-order valence-electron chi connectivity index (χ4n) is 3.45. The Kier molecular flexibility index (Phi) is 6.93. The quantitative estimate of drug-likeness (QED) is 0.717. The highest BCUT2D eigenvalue weighted by Crippen LogP contribution is 2.21. The fraction of sp³-hybridized carbons (Fsp3) is 0.435. The summed E-state index contributed by atoms with van der Waals surface area (Å²) in [4.78, 5) is 14.8. The lowest BCUT2D eigenvalue weighted by molar-refractivity contribution is 0.0679. The van der Waals surface area contributed by atoms with Gasteiger partial charge in [-0.3, -0.25) is 4.79 Å². The van der Waals surface area contributed by atoms with Crippen molar-refractivity contribution in [3.05, 3.63) is 54.1 Å². The highest BCUT2D eigenvalue weighted by molar-refractivity contribution is 6.04. The van der Waals surface area contributed by atoms with Crippen LogP contribution in [0.4, 0.5) is 11.4 Å². The van der Waals surface area contributed by atoms with Crippen molar-refractivity contribution in [2.75, 3.05) is 30.0 Å². The van der Waals surface area contributed by atoms with E-state index < -0.39 is 0 Å². The minimum atomic E-state index is -0.130. The van der Waals surface area contributed by atoms with Gasteiger partial charge in [-0.15, -0.1) is 0 Å². The van der Waals surface area contributed by atoms with Crippen LogP contribution in [0.1, 0.15) is 44.0 Å². The van der Waals surface area contributed by atoms with E-state index in [9.17, 15) is 4.79 Å². The molecule has 1 amide bonds. The molecule has 28 heavy (non-hydrogen) atoms. The van der Waals surface area contributed by atoms with E-state index >= 15 is 0 Å². The van der Waals surface area contributed by atoms with Crippen molar-refractivity contribution in [1.29, 1.82) is 0 Å². The van der Waals surface area contributed by atoms with Gasteiger partial charge in [0, 0.05) is 36.1 Å². The van der Waals surface area contributed by atoms with E-state index in [1.54, 1.807) is 12.1 Å². The summed E-state index contributed by atoms with van der Waals surface area (Å²) in [6, 6.07) is 15.6. The summed E-state index contributed by atoms with van der Waals surface area (Å²) in [5.41, 5.74) is 2.54. The Morgan fingerprint density at radius 2 is 1.89 bits per heavy atom. The Bertz CT molecular complexity index is 750. The summed E-state index contributed by atoms with van der Waals surface area (Å²) in [7, 11) is 0. The SMILES string of the molecule is CCN(c1ccc(NC(=O)c2ccc(OCC3CCCO3)cc2)cc1)C(C)C. The third-order valence-electron chi connectivity index (χ3n) is 5.00. The molecule has 3 rings (SSSR count). The van der Waals surface area contributed by atoms with Gasteiger partial charge in [0.1, 0.15) is 12.4 Å². The number of benzene rings is 2. The lowest BCUT2D eigenvalue weighted by Gasteiger charge is -2.27. The molecule has 5 heteroatoms. The highest BCUT2D eigenvalue weighted by atomic mass is 16.5. The summed E-state index contributed by atoms with van der Waals surface area (Å²) < 4.78 is 11.3. The van der Waals surface area contributed by atoms with Gasteiger partial charge in [-0.25, -0.2) is 0 Å². The summed E-state index contributed by atoms with van der Waals surface area (Å²) in [6.07, 6.45) is 2.33. The monoisotopic (exact) mass is 382 g/mol. The van der Waals surface area contributed by atoms with E-state index in [1.807, 2.05) is 36.4 Å². The smallest absolute Gasteiger partial charge is 0.255 e. The van der Waals surface area contributed by atoms with Crippen molar-refractivity contribution < 1.29 is 14.3 Å². The molecule has 0 spiro atoms. The molecule has 1 N–H and O–H groups in total. The molecule has 150 valence electrons. The maximum absolute atomic E-state index is 12.5. The first-order valence-corrected chi connectivity index (χ1v) is 10.1. The van der Waals surface area contributed by atoms with Crippen LogP contribution >= 0.6 is 0 Å². The third-order valence-corrected chi connectivity index (χ3v) is 5.00. The van der Waals surface area contributed by atoms with E-state index in [1.165, 1.54) is 0 Å². The summed E-state index contributed by atoms with van der Waals surface area (Å²) in [5, 5.41) is 2.95. The molecule has 0 bridgehead atoms. The topological polar surface area (TPSA) is 50.8 Å². The van der Waals surface area contributed by atoms with E-state index in [-0.39, 0.29) is 12.0 Å². The van der Waals surface area contributed by atoms with Crippen molar-refractivity contribution in [3.63, 3.8) is 0 Å². The van der Waals surface area contributed by atoms with Gasteiger partial charge in [0.05, 0.1) is 6.10 Å². The fourth-order valence-corrected chi connectivity index (χ4v) is 3.45. The second-order valence-electron chi connectivity index (χ2n) is 7.35. The molecule has 0 saturated carbocycles. The Balaban J connectivity index is 1.55. The predicted molar refractivity (Wildman–Crippen MR) is 113 cm³/mol. The minimum absolute atomic E-state index is 0.130. The Hall–Kier alpha value is -2.53. The van der Waals surface area contributed by atoms with Gasteiger partial charge in [-0.1, -0.05) is 0 Å². The molecule has 1 heterocycles. The number of carbonyl (C=O) groups excluding carboxylic acids is 1. The maximum Gasteiger partial charge on any atom is 0.255 e. The van der Waals surface area contributed by atoms with Crippen LogP contribution in [-0.4, -0.2) is 37.8 Å². The van der Waals surface area contributed by atoms with E-state index in [0.29, 0.717) is 18.2 Å². The van der Waals surface area contributed by atoms with E-state index in [4.69, 9.17) is 9.47 Å². The molecule has 1 aliphatic heterocycles. The summed E-state index contributed by atoms with van der Waals surface area (Å²) in [6.45, 7) is 8.82. The van der Waals surface area contributed by atoms with Gasteiger partial charge < -0.3 is 19.7 Å². The molecule has 2 aromatic rings. The lowest BCUT2D eigenvalue weighted by atomic mass is 10.2. The Morgan fingerprint density at radius 3 is 2.46 bits per heavy atom. The minimum Gasteiger partial charge on any atom is -0.491 e. The van der Waals surface area contributed by atoms with Crippen LogP contribution < -0.4 is 15.0 Å². The van der Waals surface area contributed by atoms with Crippen LogP contribution in [-0.2, 0) is 4.74 Å². The van der Waals surface area contributed by atoms with Gasteiger partial charge in [-0.2, -0.15) is 0 Å². The molecule has 1 atom stereocenters. The Labute approximate surface area is 167 Å². The molecule has 0 aliphatic carbocycles. The molecule has 0 radical (unpaired) electrons. The maximum atomic E-state index is 12.5. The van der Waals surface area contributed by atoms with Gasteiger partial charge in [0.15, 0.2) is 0 Å². The van der Waals surface area contributed by atoms with Gasteiger partial charge in [0.25, 0.3) is 5.91 Å². The number of amides is 1. The second-order valence-corrected chi connectivity index (χ2v) is 7.35. The molecular formula is C23H30N2O3. The molecule has 0 aromatic heterocycles. The molecular weight excluding hydrogens is 352 g/mol. The van der Waals surface area contributed by atoms with Crippen LogP contribution in [0.2, 0.25) is 0 Å². The number of hydrogen-bond donors (Lipinski definition) is 1. The third kappa shape index (κ3) is 5.26. The molecule has 5 nitrogen and oxygen atoms in total. The summed E-state index contributed by atoms with van der Waals surface area (Å²) >= 11 is 0. The average Bonchev–Trinajstić information content (AvgIpc) is 3.22. The first-order chi connectivity index (χ1) is 13.6. The zero-order valence-corrected chi connectivity index (χ0v) is 17.0. The zero-order chi connectivity index (χ0) is 19.9. The van der Waals surface area contributed by atoms with Crippen molar-refractivity contribution in [3.8, 4) is 5.75 Å². The van der Waals surface area contributed by atoms with Crippen LogP contribution in [0.5, 0.6) is 5.75 Å². The number of hydrogen-bond acceptors (Lipinski definition) is 4. The largest absolute Gasteiger partial charge is 0.491 e. The number of ether oxygens (including phenoxy) is 2. The first-order valence-electron chi connectivity index (χ1n) is 10.1.